The maximum absolute atomic E-state index is 13.1. The summed E-state index contributed by atoms with van der Waals surface area (Å²) in [4.78, 5) is 46.7. The minimum Gasteiger partial charge on any atom is -0.368 e. The molecule has 10 heteroatoms. The van der Waals surface area contributed by atoms with Crippen molar-refractivity contribution in [1.82, 2.24) is 20.5 Å². The molecule has 2 heterocycles. The molecule has 0 saturated carbocycles. The Labute approximate surface area is 237 Å². The van der Waals surface area contributed by atoms with Gasteiger partial charge in [-0.15, -0.1) is 0 Å². The van der Waals surface area contributed by atoms with E-state index < -0.39 is 17.9 Å². The van der Waals surface area contributed by atoms with Gasteiger partial charge in [0.05, 0.1) is 6.54 Å². The van der Waals surface area contributed by atoms with Gasteiger partial charge >= 0.3 is 0 Å². The third-order valence-electron chi connectivity index (χ3n) is 6.31. The molecule has 1 atom stereocenters. The van der Waals surface area contributed by atoms with Gasteiger partial charge in [-0.05, 0) is 60.2 Å². The van der Waals surface area contributed by atoms with Crippen molar-refractivity contribution in [3.05, 3.63) is 100 Å². The topological polar surface area (TPSA) is 94.6 Å². The van der Waals surface area contributed by atoms with Crippen molar-refractivity contribution in [3.8, 4) is 0 Å². The van der Waals surface area contributed by atoms with E-state index >= 15 is 0 Å². The van der Waals surface area contributed by atoms with E-state index in [1.165, 1.54) is 6.08 Å². The van der Waals surface area contributed by atoms with Crippen LogP contribution in [0.2, 0.25) is 10.0 Å². The van der Waals surface area contributed by atoms with Crippen LogP contribution in [-0.4, -0.2) is 66.4 Å². The van der Waals surface area contributed by atoms with Crippen LogP contribution >= 0.6 is 23.2 Å². The average Bonchev–Trinajstić information content (AvgIpc) is 2.96. The highest BCUT2D eigenvalue weighted by molar-refractivity contribution is 6.30. The van der Waals surface area contributed by atoms with Crippen LogP contribution in [0.1, 0.15) is 11.3 Å². The predicted octanol–water partition coefficient (Wildman–Crippen LogP) is 3.59. The number of carbonyl (C=O) groups excluding carboxylic acids is 3. The minimum atomic E-state index is -0.906. The van der Waals surface area contributed by atoms with Crippen LogP contribution in [0, 0.1) is 0 Å². The lowest BCUT2D eigenvalue weighted by molar-refractivity contribution is -0.134. The molecule has 1 aromatic heterocycles. The number of benzene rings is 2. The van der Waals surface area contributed by atoms with Crippen LogP contribution in [0.5, 0.6) is 0 Å². The Balaban J connectivity index is 1.31. The summed E-state index contributed by atoms with van der Waals surface area (Å²) < 4.78 is 0. The van der Waals surface area contributed by atoms with Crippen LogP contribution in [0.25, 0.3) is 6.08 Å². The first-order chi connectivity index (χ1) is 18.9. The SMILES string of the molecule is O=C(/C=C/c1ccc(Cl)cc1)NC(Cc1ccccn1)C(=O)NCC(=O)N1CCN(c2ccc(Cl)cc2)CC1. The average molecular weight is 566 g/mol. The number of nitrogens with zero attached hydrogens (tertiary/aromatic N) is 3. The number of amides is 3. The van der Waals surface area contributed by atoms with Gasteiger partial charge in [-0.1, -0.05) is 41.4 Å². The Morgan fingerprint density at radius 1 is 0.897 bits per heavy atom. The number of pyridine rings is 1. The van der Waals surface area contributed by atoms with Gasteiger partial charge in [0.2, 0.25) is 17.7 Å². The predicted molar refractivity (Wildman–Crippen MR) is 154 cm³/mol. The summed E-state index contributed by atoms with van der Waals surface area (Å²) in [5.41, 5.74) is 2.49. The van der Waals surface area contributed by atoms with Crippen molar-refractivity contribution in [3.63, 3.8) is 0 Å². The lowest BCUT2D eigenvalue weighted by atomic mass is 10.1. The first kappa shape index (κ1) is 28.1. The molecular weight excluding hydrogens is 537 g/mol. The van der Waals surface area contributed by atoms with E-state index in [-0.39, 0.29) is 18.9 Å². The van der Waals surface area contributed by atoms with E-state index in [1.54, 1.807) is 53.6 Å². The molecule has 1 unspecified atom stereocenters. The van der Waals surface area contributed by atoms with E-state index in [4.69, 9.17) is 23.2 Å². The summed E-state index contributed by atoms with van der Waals surface area (Å²) in [6, 6.07) is 19.1. The summed E-state index contributed by atoms with van der Waals surface area (Å²) >= 11 is 11.9. The van der Waals surface area contributed by atoms with E-state index in [0.29, 0.717) is 41.9 Å². The first-order valence-corrected chi connectivity index (χ1v) is 13.3. The Kier molecular flexibility index (Phi) is 9.94. The zero-order valence-electron chi connectivity index (χ0n) is 21.2. The number of halogens is 2. The summed E-state index contributed by atoms with van der Waals surface area (Å²) in [5, 5.41) is 6.71. The third kappa shape index (κ3) is 8.56. The highest BCUT2D eigenvalue weighted by atomic mass is 35.5. The summed E-state index contributed by atoms with van der Waals surface area (Å²) in [6.07, 6.45) is 4.79. The molecule has 1 aliphatic rings. The number of aromatic nitrogens is 1. The molecule has 1 fully saturated rings. The Hall–Kier alpha value is -3.88. The number of piperazine rings is 1. The molecule has 0 radical (unpaired) electrons. The summed E-state index contributed by atoms with van der Waals surface area (Å²) in [7, 11) is 0. The molecule has 8 nitrogen and oxygen atoms in total. The summed E-state index contributed by atoms with van der Waals surface area (Å²) in [5.74, 6) is -1.07. The molecule has 202 valence electrons. The van der Waals surface area contributed by atoms with Gasteiger partial charge in [0, 0.05) is 66.3 Å². The van der Waals surface area contributed by atoms with Gasteiger partial charge < -0.3 is 20.4 Å². The van der Waals surface area contributed by atoms with Gasteiger partial charge in [0.1, 0.15) is 6.04 Å². The zero-order chi connectivity index (χ0) is 27.6. The number of carbonyl (C=O) groups is 3. The van der Waals surface area contributed by atoms with Crippen LogP contribution < -0.4 is 15.5 Å². The molecule has 2 aromatic carbocycles. The Morgan fingerprint density at radius 2 is 1.56 bits per heavy atom. The fourth-order valence-corrected chi connectivity index (χ4v) is 4.42. The molecular formula is C29H29Cl2N5O3. The van der Waals surface area contributed by atoms with Crippen LogP contribution in [0.3, 0.4) is 0 Å². The summed E-state index contributed by atoms with van der Waals surface area (Å²) in [6.45, 7) is 2.29. The van der Waals surface area contributed by atoms with E-state index in [0.717, 1.165) is 11.3 Å². The third-order valence-corrected chi connectivity index (χ3v) is 6.81. The number of nitrogens with one attached hydrogen (secondary N) is 2. The fraction of sp³-hybridized carbons (Fsp3) is 0.241. The van der Waals surface area contributed by atoms with E-state index in [2.05, 4.69) is 20.5 Å². The highest BCUT2D eigenvalue weighted by Gasteiger charge is 2.25. The second kappa shape index (κ2) is 13.8. The Bertz CT molecular complexity index is 1290. The molecule has 0 aliphatic carbocycles. The van der Waals surface area contributed by atoms with Gasteiger partial charge in [0.15, 0.2) is 0 Å². The van der Waals surface area contributed by atoms with Gasteiger partial charge in [-0.25, -0.2) is 0 Å². The molecule has 1 aliphatic heterocycles. The molecule has 1 saturated heterocycles. The molecule has 4 rings (SSSR count). The number of rotatable bonds is 9. The van der Waals surface area contributed by atoms with Crippen molar-refractivity contribution in [2.75, 3.05) is 37.6 Å². The molecule has 0 spiro atoms. The van der Waals surface area contributed by atoms with Crippen molar-refractivity contribution in [1.29, 1.82) is 0 Å². The normalized spacial score (nSPS) is 14.2. The smallest absolute Gasteiger partial charge is 0.244 e. The standard InChI is InChI=1S/C29H29Cl2N5O3/c30-22-7-4-21(5-8-22)6-13-27(37)34-26(19-24-3-1-2-14-32-24)29(39)33-20-28(38)36-17-15-35(16-18-36)25-11-9-23(31)10-12-25/h1-14,26H,15-20H2,(H,33,39)(H,34,37)/b13-6+. The van der Waals surface area contributed by atoms with Crippen molar-refractivity contribution < 1.29 is 14.4 Å². The molecule has 39 heavy (non-hydrogen) atoms. The molecule has 3 aromatic rings. The quantitative estimate of drug-likeness (QED) is 0.386. The number of hydrogen-bond acceptors (Lipinski definition) is 5. The van der Waals surface area contributed by atoms with Crippen molar-refractivity contribution >= 4 is 52.7 Å². The van der Waals surface area contributed by atoms with Crippen LogP contribution in [0.15, 0.2) is 79.0 Å². The second-order valence-corrected chi connectivity index (χ2v) is 9.91. The minimum absolute atomic E-state index is 0.158. The number of anilines is 1. The maximum Gasteiger partial charge on any atom is 0.244 e. The van der Waals surface area contributed by atoms with Crippen LogP contribution in [-0.2, 0) is 20.8 Å². The van der Waals surface area contributed by atoms with Gasteiger partial charge in [-0.3, -0.25) is 19.4 Å². The lowest BCUT2D eigenvalue weighted by Crippen LogP contribution is -2.53. The van der Waals surface area contributed by atoms with Crippen molar-refractivity contribution in [2.45, 2.75) is 12.5 Å². The number of hydrogen-bond donors (Lipinski definition) is 2. The zero-order valence-corrected chi connectivity index (χ0v) is 22.7. The lowest BCUT2D eigenvalue weighted by Gasteiger charge is -2.36. The largest absolute Gasteiger partial charge is 0.368 e. The van der Waals surface area contributed by atoms with Gasteiger partial charge in [-0.2, -0.15) is 0 Å². The second-order valence-electron chi connectivity index (χ2n) is 9.03. The highest BCUT2D eigenvalue weighted by Crippen LogP contribution is 2.19. The van der Waals surface area contributed by atoms with E-state index in [9.17, 15) is 14.4 Å². The molecule has 3 amide bonds. The fourth-order valence-electron chi connectivity index (χ4n) is 4.17. The monoisotopic (exact) mass is 565 g/mol. The molecule has 2 N–H and O–H groups in total. The maximum atomic E-state index is 13.1. The Morgan fingerprint density at radius 3 is 2.21 bits per heavy atom. The van der Waals surface area contributed by atoms with Crippen LogP contribution in [0.4, 0.5) is 5.69 Å². The van der Waals surface area contributed by atoms with E-state index in [1.807, 2.05) is 30.3 Å². The van der Waals surface area contributed by atoms with Gasteiger partial charge in [0.25, 0.3) is 0 Å². The van der Waals surface area contributed by atoms with Crippen molar-refractivity contribution in [2.24, 2.45) is 0 Å². The first-order valence-electron chi connectivity index (χ1n) is 12.6. The molecule has 0 bridgehead atoms.